The smallest absolute Gasteiger partial charge is 0.142 e. The maximum absolute atomic E-state index is 13.4. The van der Waals surface area contributed by atoms with Crippen LogP contribution in [0.2, 0.25) is 5.02 Å². The van der Waals surface area contributed by atoms with Gasteiger partial charge in [-0.15, -0.1) is 0 Å². The van der Waals surface area contributed by atoms with E-state index in [4.69, 9.17) is 11.6 Å². The van der Waals surface area contributed by atoms with Crippen molar-refractivity contribution in [2.75, 3.05) is 11.5 Å². The van der Waals surface area contributed by atoms with Gasteiger partial charge in [-0.3, -0.25) is 0 Å². The summed E-state index contributed by atoms with van der Waals surface area (Å²) in [5.74, 6) is 1.35. The maximum atomic E-state index is 13.4. The molecule has 100 valence electrons. The lowest BCUT2D eigenvalue weighted by Gasteiger charge is -2.41. The lowest BCUT2D eigenvalue weighted by Crippen LogP contribution is -2.44. The highest BCUT2D eigenvalue weighted by molar-refractivity contribution is 7.99. The number of rotatable bonds is 2. The molecule has 0 amide bonds. The largest absolute Gasteiger partial charge is 0.389 e. The van der Waals surface area contributed by atoms with Gasteiger partial charge >= 0.3 is 0 Å². The molecule has 1 nitrogen and oxygen atoms in total. The second-order valence-corrected chi connectivity index (χ2v) is 7.38. The molecule has 1 N–H and O–H groups in total. The normalized spacial score (nSPS) is 27.2. The minimum absolute atomic E-state index is 0.128. The minimum Gasteiger partial charge on any atom is -0.389 e. The van der Waals surface area contributed by atoms with Gasteiger partial charge in [-0.05, 0) is 35.3 Å². The van der Waals surface area contributed by atoms with E-state index >= 15 is 0 Å². The standard InChI is InChI=1S/C14H18ClFOS/c1-13(2)7-14(17,9-18-8-13)6-10-3-4-11(15)12(16)5-10/h3-5,17H,6-9H2,1-2H3. The first kappa shape index (κ1) is 14.2. The van der Waals surface area contributed by atoms with Crippen LogP contribution in [0.15, 0.2) is 18.2 Å². The first-order chi connectivity index (χ1) is 8.30. The van der Waals surface area contributed by atoms with Crippen LogP contribution in [0, 0.1) is 11.2 Å². The van der Waals surface area contributed by atoms with Crippen LogP contribution in [-0.4, -0.2) is 22.2 Å². The lowest BCUT2D eigenvalue weighted by molar-refractivity contribution is 0.0200. The molecule has 0 aliphatic carbocycles. The molecule has 2 rings (SSSR count). The SMILES string of the molecule is CC1(C)CSCC(O)(Cc2ccc(Cl)c(F)c2)C1. The molecule has 0 aromatic heterocycles. The van der Waals surface area contributed by atoms with Crippen LogP contribution >= 0.6 is 23.4 Å². The zero-order valence-corrected chi connectivity index (χ0v) is 12.2. The van der Waals surface area contributed by atoms with Crippen molar-refractivity contribution in [2.24, 2.45) is 5.41 Å². The summed E-state index contributed by atoms with van der Waals surface area (Å²) in [7, 11) is 0. The molecule has 1 aromatic rings. The Balaban J connectivity index is 2.14. The number of hydrogen-bond donors (Lipinski definition) is 1. The fourth-order valence-corrected chi connectivity index (χ4v) is 4.11. The van der Waals surface area contributed by atoms with Crippen LogP contribution < -0.4 is 0 Å². The van der Waals surface area contributed by atoms with Crippen molar-refractivity contribution in [1.29, 1.82) is 0 Å². The van der Waals surface area contributed by atoms with Crippen LogP contribution in [0.1, 0.15) is 25.8 Å². The second-order valence-electron chi connectivity index (χ2n) is 5.98. The van der Waals surface area contributed by atoms with Gasteiger partial charge in [-0.25, -0.2) is 4.39 Å². The molecule has 1 aromatic carbocycles. The van der Waals surface area contributed by atoms with Crippen LogP contribution in [0.4, 0.5) is 4.39 Å². The third-order valence-electron chi connectivity index (χ3n) is 3.19. The van der Waals surface area contributed by atoms with E-state index in [0.29, 0.717) is 12.2 Å². The molecule has 0 spiro atoms. The van der Waals surface area contributed by atoms with Crippen molar-refractivity contribution < 1.29 is 9.50 Å². The third-order valence-corrected chi connectivity index (χ3v) is 5.22. The Kier molecular flexibility index (Phi) is 3.96. The molecule has 1 aliphatic heterocycles. The summed E-state index contributed by atoms with van der Waals surface area (Å²) >= 11 is 7.43. The van der Waals surface area contributed by atoms with Crippen molar-refractivity contribution >= 4 is 23.4 Å². The number of thioether (sulfide) groups is 1. The Bertz CT molecular complexity index is 449. The number of benzene rings is 1. The third kappa shape index (κ3) is 3.40. The Hall–Kier alpha value is -0.250. The van der Waals surface area contributed by atoms with Gasteiger partial charge in [0.15, 0.2) is 0 Å². The van der Waals surface area contributed by atoms with Gasteiger partial charge < -0.3 is 5.11 Å². The number of aliphatic hydroxyl groups is 1. The summed E-state index contributed by atoms with van der Waals surface area (Å²) in [5, 5.41) is 10.8. The van der Waals surface area contributed by atoms with E-state index in [2.05, 4.69) is 13.8 Å². The van der Waals surface area contributed by atoms with Gasteiger partial charge in [-0.2, -0.15) is 11.8 Å². The zero-order chi connectivity index (χ0) is 13.4. The van der Waals surface area contributed by atoms with E-state index in [0.717, 1.165) is 17.7 Å². The predicted octanol–water partition coefficient (Wildman–Crippen LogP) is 3.92. The van der Waals surface area contributed by atoms with Crippen molar-refractivity contribution in [1.82, 2.24) is 0 Å². The molecule has 4 heteroatoms. The van der Waals surface area contributed by atoms with Crippen molar-refractivity contribution in [3.05, 3.63) is 34.6 Å². The maximum Gasteiger partial charge on any atom is 0.142 e. The van der Waals surface area contributed by atoms with E-state index in [1.54, 1.807) is 23.9 Å². The topological polar surface area (TPSA) is 20.2 Å². The van der Waals surface area contributed by atoms with E-state index in [-0.39, 0.29) is 10.4 Å². The first-order valence-electron chi connectivity index (χ1n) is 6.04. The Morgan fingerprint density at radius 1 is 1.39 bits per heavy atom. The molecule has 1 fully saturated rings. The molecular weight excluding hydrogens is 271 g/mol. The summed E-state index contributed by atoms with van der Waals surface area (Å²) in [6.45, 7) is 4.32. The van der Waals surface area contributed by atoms with Crippen LogP contribution in [-0.2, 0) is 6.42 Å². The predicted molar refractivity (Wildman–Crippen MR) is 75.8 cm³/mol. The monoisotopic (exact) mass is 288 g/mol. The minimum atomic E-state index is -0.743. The van der Waals surface area contributed by atoms with Crippen molar-refractivity contribution in [3.63, 3.8) is 0 Å². The molecule has 1 saturated heterocycles. The highest BCUT2D eigenvalue weighted by atomic mass is 35.5. The summed E-state index contributed by atoms with van der Waals surface area (Å²) in [5.41, 5.74) is 0.188. The fraction of sp³-hybridized carbons (Fsp3) is 0.571. The second kappa shape index (κ2) is 5.03. The summed E-state index contributed by atoms with van der Waals surface area (Å²) in [4.78, 5) is 0. The van der Waals surface area contributed by atoms with Gasteiger partial charge in [0.1, 0.15) is 5.82 Å². The Morgan fingerprint density at radius 2 is 2.11 bits per heavy atom. The van der Waals surface area contributed by atoms with E-state index in [1.165, 1.54) is 6.07 Å². The average Bonchev–Trinajstić information content (AvgIpc) is 2.21. The van der Waals surface area contributed by atoms with Crippen LogP contribution in [0.25, 0.3) is 0 Å². The van der Waals surface area contributed by atoms with E-state index < -0.39 is 11.4 Å². The fourth-order valence-electron chi connectivity index (χ4n) is 2.65. The van der Waals surface area contributed by atoms with Gasteiger partial charge in [0.05, 0.1) is 10.6 Å². The zero-order valence-electron chi connectivity index (χ0n) is 10.7. The highest BCUT2D eigenvalue weighted by Crippen LogP contribution is 2.40. The Labute approximate surface area is 117 Å². The molecule has 1 heterocycles. The summed E-state index contributed by atoms with van der Waals surface area (Å²) in [6.07, 6.45) is 1.23. The number of hydrogen-bond acceptors (Lipinski definition) is 2. The van der Waals surface area contributed by atoms with Crippen molar-refractivity contribution in [3.8, 4) is 0 Å². The molecule has 0 radical (unpaired) electrons. The average molecular weight is 289 g/mol. The van der Waals surface area contributed by atoms with Gasteiger partial charge in [0.25, 0.3) is 0 Å². The van der Waals surface area contributed by atoms with Crippen LogP contribution in [0.3, 0.4) is 0 Å². The molecule has 18 heavy (non-hydrogen) atoms. The van der Waals surface area contributed by atoms with Crippen LogP contribution in [0.5, 0.6) is 0 Å². The lowest BCUT2D eigenvalue weighted by atomic mass is 9.79. The molecule has 1 aliphatic rings. The van der Waals surface area contributed by atoms with Crippen molar-refractivity contribution in [2.45, 2.75) is 32.3 Å². The first-order valence-corrected chi connectivity index (χ1v) is 7.57. The van der Waals surface area contributed by atoms with Gasteiger partial charge in [0, 0.05) is 12.2 Å². The molecule has 0 bridgehead atoms. The summed E-state index contributed by atoms with van der Waals surface area (Å²) in [6, 6.07) is 4.76. The van der Waals surface area contributed by atoms with E-state index in [1.807, 2.05) is 0 Å². The molecular formula is C14H18ClFOS. The highest BCUT2D eigenvalue weighted by Gasteiger charge is 2.38. The molecule has 1 atom stereocenters. The quantitative estimate of drug-likeness (QED) is 0.890. The molecule has 1 unspecified atom stereocenters. The van der Waals surface area contributed by atoms with Gasteiger partial charge in [-0.1, -0.05) is 31.5 Å². The van der Waals surface area contributed by atoms with E-state index in [9.17, 15) is 9.50 Å². The summed E-state index contributed by atoms with van der Waals surface area (Å²) < 4.78 is 13.4. The Morgan fingerprint density at radius 3 is 2.72 bits per heavy atom. The molecule has 0 saturated carbocycles. The van der Waals surface area contributed by atoms with Gasteiger partial charge in [0.2, 0.25) is 0 Å². The number of halogens is 2.